The first-order valence-corrected chi connectivity index (χ1v) is 11.8. The van der Waals surface area contributed by atoms with Crippen molar-refractivity contribution in [3.63, 3.8) is 0 Å². The van der Waals surface area contributed by atoms with E-state index in [1.54, 1.807) is 7.11 Å². The Bertz CT molecular complexity index is 1050. The number of allylic oxidation sites excluding steroid dienone is 1. The Morgan fingerprint density at radius 1 is 1.22 bits per heavy atom. The Morgan fingerprint density at radius 2 is 1.97 bits per heavy atom. The molecule has 1 aromatic heterocycles. The Hall–Kier alpha value is -3.06. The summed E-state index contributed by atoms with van der Waals surface area (Å²) in [5.74, 6) is 2.48. The molecular formula is C25H28N4O2S. The van der Waals surface area contributed by atoms with Gasteiger partial charge in [-0.1, -0.05) is 60.3 Å². The van der Waals surface area contributed by atoms with Crippen LogP contribution in [0.15, 0.2) is 72.4 Å². The van der Waals surface area contributed by atoms with Crippen LogP contribution in [0.5, 0.6) is 5.75 Å². The summed E-state index contributed by atoms with van der Waals surface area (Å²) in [6.45, 7) is 4.46. The lowest BCUT2D eigenvalue weighted by Crippen LogP contribution is -2.31. The standard InChI is InChI=1S/C25H28N4O2S/c1-3-15-29-22(16-18-7-5-4-6-8-18)27-28-25(29)32-17-23(30)26-24(19-9-10-19)20-11-13-21(31-2)14-12-20/h3-8,11-14,19,24H,1,9-10,15-17H2,2H3,(H,26,30). The lowest BCUT2D eigenvalue weighted by Gasteiger charge is -2.19. The molecule has 32 heavy (non-hydrogen) atoms. The van der Waals surface area contributed by atoms with Gasteiger partial charge in [0.1, 0.15) is 11.6 Å². The van der Waals surface area contributed by atoms with E-state index in [1.807, 2.05) is 53.1 Å². The molecule has 3 aromatic rings. The number of aromatic nitrogens is 3. The fourth-order valence-electron chi connectivity index (χ4n) is 3.71. The summed E-state index contributed by atoms with van der Waals surface area (Å²) < 4.78 is 7.28. The molecule has 0 spiro atoms. The van der Waals surface area contributed by atoms with Gasteiger partial charge in [0.25, 0.3) is 0 Å². The molecule has 0 aliphatic heterocycles. The molecule has 6 nitrogen and oxygen atoms in total. The molecule has 1 saturated carbocycles. The van der Waals surface area contributed by atoms with E-state index in [2.05, 4.69) is 34.2 Å². The van der Waals surface area contributed by atoms with Gasteiger partial charge in [0, 0.05) is 13.0 Å². The molecule has 1 amide bonds. The van der Waals surface area contributed by atoms with Crippen molar-refractivity contribution in [2.75, 3.05) is 12.9 Å². The highest BCUT2D eigenvalue weighted by Gasteiger charge is 2.33. The summed E-state index contributed by atoms with van der Waals surface area (Å²) in [5.41, 5.74) is 2.29. The van der Waals surface area contributed by atoms with Gasteiger partial charge < -0.3 is 14.6 Å². The number of carbonyl (C=O) groups excluding carboxylic acids is 1. The molecule has 0 bridgehead atoms. The molecule has 1 unspecified atom stereocenters. The zero-order valence-electron chi connectivity index (χ0n) is 18.2. The van der Waals surface area contributed by atoms with Gasteiger partial charge in [0.05, 0.1) is 18.9 Å². The predicted octanol–water partition coefficient (Wildman–Crippen LogP) is 4.42. The highest BCUT2D eigenvalue weighted by atomic mass is 32.2. The number of carbonyl (C=O) groups is 1. The number of hydrogen-bond donors (Lipinski definition) is 1. The summed E-state index contributed by atoms with van der Waals surface area (Å²) in [6, 6.07) is 18.2. The van der Waals surface area contributed by atoms with Crippen molar-refractivity contribution in [1.29, 1.82) is 0 Å². The van der Waals surface area contributed by atoms with Crippen molar-refractivity contribution in [2.45, 2.75) is 37.0 Å². The number of methoxy groups -OCH3 is 1. The maximum Gasteiger partial charge on any atom is 0.230 e. The second-order valence-corrected chi connectivity index (χ2v) is 8.85. The highest BCUT2D eigenvalue weighted by Crippen LogP contribution is 2.41. The first-order chi connectivity index (χ1) is 15.7. The van der Waals surface area contributed by atoms with Gasteiger partial charge in [-0.05, 0) is 42.0 Å². The number of ether oxygens (including phenoxy) is 1. The monoisotopic (exact) mass is 448 g/mol. The van der Waals surface area contributed by atoms with Gasteiger partial charge in [-0.25, -0.2) is 0 Å². The van der Waals surface area contributed by atoms with Crippen LogP contribution in [0.4, 0.5) is 0 Å². The van der Waals surface area contributed by atoms with Crippen molar-refractivity contribution in [3.8, 4) is 5.75 Å². The van der Waals surface area contributed by atoms with E-state index in [0.29, 0.717) is 24.6 Å². The van der Waals surface area contributed by atoms with E-state index >= 15 is 0 Å². The predicted molar refractivity (Wildman–Crippen MR) is 127 cm³/mol. The van der Waals surface area contributed by atoms with E-state index in [0.717, 1.165) is 35.1 Å². The Balaban J connectivity index is 1.39. The Labute approximate surface area is 193 Å². The first kappa shape index (κ1) is 22.1. The molecule has 7 heteroatoms. The SMILES string of the molecule is C=CCn1c(Cc2ccccc2)nnc1SCC(=O)NC(c1ccc(OC)cc1)C1CC1. The van der Waals surface area contributed by atoms with Gasteiger partial charge in [0.2, 0.25) is 5.91 Å². The summed E-state index contributed by atoms with van der Waals surface area (Å²) in [7, 11) is 1.66. The minimum absolute atomic E-state index is 0.000445. The third kappa shape index (κ3) is 5.59. The smallest absolute Gasteiger partial charge is 0.230 e. The Morgan fingerprint density at radius 3 is 2.62 bits per heavy atom. The van der Waals surface area contributed by atoms with Gasteiger partial charge in [-0.15, -0.1) is 16.8 Å². The minimum Gasteiger partial charge on any atom is -0.497 e. The molecule has 4 rings (SSSR count). The number of hydrogen-bond acceptors (Lipinski definition) is 5. The summed E-state index contributed by atoms with van der Waals surface area (Å²) in [5, 5.41) is 12.7. The molecule has 0 radical (unpaired) electrons. The van der Waals surface area contributed by atoms with Crippen LogP contribution in [0.3, 0.4) is 0 Å². The van der Waals surface area contributed by atoms with E-state index in [-0.39, 0.29) is 11.9 Å². The van der Waals surface area contributed by atoms with Crippen LogP contribution in [0.2, 0.25) is 0 Å². The van der Waals surface area contributed by atoms with Crippen molar-refractivity contribution in [1.82, 2.24) is 20.1 Å². The maximum absolute atomic E-state index is 12.8. The van der Waals surface area contributed by atoms with Gasteiger partial charge >= 0.3 is 0 Å². The summed E-state index contributed by atoms with van der Waals surface area (Å²) in [4.78, 5) is 12.8. The minimum atomic E-state index is 0.000445. The molecule has 1 N–H and O–H groups in total. The fraction of sp³-hybridized carbons (Fsp3) is 0.320. The lowest BCUT2D eigenvalue weighted by molar-refractivity contribution is -0.119. The third-order valence-electron chi connectivity index (χ3n) is 5.53. The molecule has 1 heterocycles. The molecule has 2 aromatic carbocycles. The summed E-state index contributed by atoms with van der Waals surface area (Å²) in [6.07, 6.45) is 4.80. The second kappa shape index (κ2) is 10.5. The molecule has 1 atom stereocenters. The number of rotatable bonds is 11. The number of nitrogens with zero attached hydrogens (tertiary/aromatic N) is 3. The normalized spacial score (nSPS) is 14.0. The summed E-state index contributed by atoms with van der Waals surface area (Å²) >= 11 is 1.41. The molecule has 166 valence electrons. The average molecular weight is 449 g/mol. The molecule has 1 fully saturated rings. The Kier molecular flexibility index (Phi) is 7.27. The molecule has 1 aliphatic carbocycles. The highest BCUT2D eigenvalue weighted by molar-refractivity contribution is 7.99. The number of thioether (sulfide) groups is 1. The molecule has 0 saturated heterocycles. The van der Waals surface area contributed by atoms with Crippen molar-refractivity contribution in [2.24, 2.45) is 5.92 Å². The quantitative estimate of drug-likeness (QED) is 0.347. The van der Waals surface area contributed by atoms with Crippen LogP contribution in [-0.4, -0.2) is 33.5 Å². The van der Waals surface area contributed by atoms with E-state index in [9.17, 15) is 4.79 Å². The van der Waals surface area contributed by atoms with Gasteiger partial charge in [0.15, 0.2) is 5.16 Å². The van der Waals surface area contributed by atoms with Crippen LogP contribution in [0.25, 0.3) is 0 Å². The average Bonchev–Trinajstić information content (AvgIpc) is 3.60. The van der Waals surface area contributed by atoms with Crippen LogP contribution in [0.1, 0.15) is 35.8 Å². The third-order valence-corrected chi connectivity index (χ3v) is 6.49. The van der Waals surface area contributed by atoms with Crippen LogP contribution >= 0.6 is 11.8 Å². The maximum atomic E-state index is 12.8. The lowest BCUT2D eigenvalue weighted by atomic mass is 10.0. The number of nitrogens with one attached hydrogen (secondary N) is 1. The molecular weight excluding hydrogens is 420 g/mol. The van der Waals surface area contributed by atoms with Crippen molar-refractivity contribution in [3.05, 3.63) is 84.2 Å². The van der Waals surface area contributed by atoms with Crippen molar-refractivity contribution < 1.29 is 9.53 Å². The van der Waals surface area contributed by atoms with Crippen molar-refractivity contribution >= 4 is 17.7 Å². The van der Waals surface area contributed by atoms with Gasteiger partial charge in [-0.2, -0.15) is 0 Å². The van der Waals surface area contributed by atoms with E-state index in [1.165, 1.54) is 17.3 Å². The molecule has 1 aliphatic rings. The fourth-order valence-corrected chi connectivity index (χ4v) is 4.48. The van der Waals surface area contributed by atoms with Gasteiger partial charge in [-0.3, -0.25) is 4.79 Å². The topological polar surface area (TPSA) is 69.0 Å². The zero-order valence-corrected chi connectivity index (χ0v) is 19.1. The van der Waals surface area contributed by atoms with Crippen LogP contribution < -0.4 is 10.1 Å². The van der Waals surface area contributed by atoms with E-state index in [4.69, 9.17) is 4.74 Å². The second-order valence-electron chi connectivity index (χ2n) is 7.90. The number of benzene rings is 2. The largest absolute Gasteiger partial charge is 0.497 e. The van der Waals surface area contributed by atoms with Crippen LogP contribution in [0, 0.1) is 5.92 Å². The first-order valence-electron chi connectivity index (χ1n) is 10.8. The zero-order chi connectivity index (χ0) is 22.3. The van der Waals surface area contributed by atoms with E-state index < -0.39 is 0 Å². The van der Waals surface area contributed by atoms with Crippen LogP contribution in [-0.2, 0) is 17.8 Å². The number of amides is 1.